The first-order valence-electron chi connectivity index (χ1n) is 5.78. The van der Waals surface area contributed by atoms with Gasteiger partial charge in [-0.1, -0.05) is 15.9 Å². The van der Waals surface area contributed by atoms with E-state index in [1.165, 1.54) is 31.6 Å². The summed E-state index contributed by atoms with van der Waals surface area (Å²) in [6.45, 7) is 0. The van der Waals surface area contributed by atoms with Crippen molar-refractivity contribution in [2.24, 2.45) is 0 Å². The van der Waals surface area contributed by atoms with Gasteiger partial charge in [0.05, 0.1) is 26.2 Å². The molecule has 0 bridgehead atoms. The van der Waals surface area contributed by atoms with E-state index in [1.54, 1.807) is 13.2 Å². The normalized spacial score (nSPS) is 12.1. The van der Waals surface area contributed by atoms with E-state index in [2.05, 4.69) is 15.9 Å². The number of ether oxygens (including phenoxy) is 3. The van der Waals surface area contributed by atoms with Crippen LogP contribution in [0.4, 0.5) is 4.39 Å². The molecule has 0 aliphatic rings. The molecule has 0 saturated carbocycles. The van der Waals surface area contributed by atoms with Gasteiger partial charge in [0.2, 0.25) is 0 Å². The van der Waals surface area contributed by atoms with E-state index < -0.39 is 0 Å². The summed E-state index contributed by atoms with van der Waals surface area (Å²) in [5.41, 5.74) is 0.493. The largest absolute Gasteiger partial charge is 0.496 e. The van der Waals surface area contributed by atoms with E-state index in [0.29, 0.717) is 17.1 Å². The Morgan fingerprint density at radius 3 is 2.25 bits per heavy atom. The van der Waals surface area contributed by atoms with E-state index in [9.17, 15) is 4.39 Å². The van der Waals surface area contributed by atoms with Crippen molar-refractivity contribution >= 4 is 27.3 Å². The van der Waals surface area contributed by atoms with Crippen LogP contribution in [0.25, 0.3) is 0 Å². The average Bonchev–Trinajstić information content (AvgIpc) is 2.95. The average molecular weight is 361 g/mol. The standard InChI is InChI=1S/C14H14BrFO3S/c1-17-8-4-13(20-7-8)14(15)9-5-11(18-2)12(19-3)6-10(9)16/h4-7,14H,1-3H3. The zero-order chi connectivity index (χ0) is 14.7. The van der Waals surface area contributed by atoms with Crippen molar-refractivity contribution in [2.75, 3.05) is 21.3 Å². The van der Waals surface area contributed by atoms with Gasteiger partial charge in [0.1, 0.15) is 11.6 Å². The second-order valence-corrected chi connectivity index (χ2v) is 5.84. The summed E-state index contributed by atoms with van der Waals surface area (Å²) in [7, 11) is 4.61. The molecule has 1 aromatic carbocycles. The molecule has 20 heavy (non-hydrogen) atoms. The maximum absolute atomic E-state index is 14.2. The van der Waals surface area contributed by atoms with Gasteiger partial charge in [-0.3, -0.25) is 0 Å². The highest BCUT2D eigenvalue weighted by Crippen LogP contribution is 2.41. The number of hydrogen-bond acceptors (Lipinski definition) is 4. The van der Waals surface area contributed by atoms with Gasteiger partial charge in [0, 0.05) is 21.9 Å². The first-order chi connectivity index (χ1) is 9.60. The van der Waals surface area contributed by atoms with Crippen molar-refractivity contribution in [3.8, 4) is 17.2 Å². The molecule has 1 aromatic heterocycles. The van der Waals surface area contributed by atoms with Gasteiger partial charge in [-0.25, -0.2) is 4.39 Å². The van der Waals surface area contributed by atoms with Crippen molar-refractivity contribution in [2.45, 2.75) is 4.83 Å². The molecule has 2 aromatic rings. The first kappa shape index (κ1) is 15.1. The lowest BCUT2D eigenvalue weighted by Crippen LogP contribution is -1.99. The predicted molar refractivity (Wildman–Crippen MR) is 81.1 cm³/mol. The molecular formula is C14H14BrFO3S. The number of thiophene rings is 1. The van der Waals surface area contributed by atoms with Crippen LogP contribution < -0.4 is 14.2 Å². The highest BCUT2D eigenvalue weighted by molar-refractivity contribution is 9.09. The quantitative estimate of drug-likeness (QED) is 0.739. The summed E-state index contributed by atoms with van der Waals surface area (Å²) < 4.78 is 29.6. The van der Waals surface area contributed by atoms with E-state index in [4.69, 9.17) is 14.2 Å². The lowest BCUT2D eigenvalue weighted by Gasteiger charge is -2.14. The van der Waals surface area contributed by atoms with Crippen molar-refractivity contribution in [3.05, 3.63) is 39.8 Å². The number of benzene rings is 1. The Morgan fingerprint density at radius 2 is 1.70 bits per heavy atom. The minimum atomic E-state index is -0.350. The van der Waals surface area contributed by atoms with Gasteiger partial charge < -0.3 is 14.2 Å². The highest BCUT2D eigenvalue weighted by Gasteiger charge is 2.20. The smallest absolute Gasteiger partial charge is 0.163 e. The van der Waals surface area contributed by atoms with Crippen LogP contribution in [-0.4, -0.2) is 21.3 Å². The van der Waals surface area contributed by atoms with E-state index >= 15 is 0 Å². The molecule has 0 aliphatic heterocycles. The summed E-state index contributed by atoms with van der Waals surface area (Å²) >= 11 is 5.01. The van der Waals surface area contributed by atoms with Crippen LogP contribution in [0, 0.1) is 5.82 Å². The summed E-state index contributed by atoms with van der Waals surface area (Å²) in [5.74, 6) is 1.28. The Labute approximate surface area is 129 Å². The Hall–Kier alpha value is -1.27. The molecule has 3 nitrogen and oxygen atoms in total. The second-order valence-electron chi connectivity index (χ2n) is 3.98. The van der Waals surface area contributed by atoms with Gasteiger partial charge in [-0.15, -0.1) is 11.3 Å². The number of rotatable bonds is 5. The lowest BCUT2D eigenvalue weighted by atomic mass is 10.1. The molecule has 0 spiro atoms. The molecule has 1 atom stereocenters. The maximum Gasteiger partial charge on any atom is 0.163 e. The Morgan fingerprint density at radius 1 is 1.05 bits per heavy atom. The van der Waals surface area contributed by atoms with E-state index in [0.717, 1.165) is 10.6 Å². The molecule has 0 radical (unpaired) electrons. The Balaban J connectivity index is 2.40. The minimum absolute atomic E-state index is 0.267. The van der Waals surface area contributed by atoms with Crippen LogP contribution in [0.2, 0.25) is 0 Å². The second kappa shape index (κ2) is 6.45. The molecule has 0 amide bonds. The molecule has 2 rings (SSSR count). The fourth-order valence-corrected chi connectivity index (χ4v) is 3.45. The van der Waals surface area contributed by atoms with E-state index in [1.807, 2.05) is 11.4 Å². The van der Waals surface area contributed by atoms with Crippen molar-refractivity contribution in [1.82, 2.24) is 0 Å². The molecule has 0 saturated heterocycles. The van der Waals surface area contributed by atoms with Gasteiger partial charge in [-0.05, 0) is 12.1 Å². The van der Waals surface area contributed by atoms with Gasteiger partial charge in [0.15, 0.2) is 11.5 Å². The number of alkyl halides is 1. The lowest BCUT2D eigenvalue weighted by molar-refractivity contribution is 0.351. The maximum atomic E-state index is 14.2. The van der Waals surface area contributed by atoms with Crippen LogP contribution in [0.3, 0.4) is 0 Å². The minimum Gasteiger partial charge on any atom is -0.496 e. The zero-order valence-electron chi connectivity index (χ0n) is 11.3. The van der Waals surface area contributed by atoms with Crippen molar-refractivity contribution < 1.29 is 18.6 Å². The fourth-order valence-electron chi connectivity index (χ4n) is 1.79. The van der Waals surface area contributed by atoms with Crippen LogP contribution in [0.5, 0.6) is 17.2 Å². The molecule has 0 fully saturated rings. The van der Waals surface area contributed by atoms with Crippen LogP contribution >= 0.6 is 27.3 Å². The Bertz CT molecular complexity index is 600. The summed E-state index contributed by atoms with van der Waals surface area (Å²) in [4.78, 5) is 0.684. The third kappa shape index (κ3) is 2.91. The zero-order valence-corrected chi connectivity index (χ0v) is 13.7. The molecule has 6 heteroatoms. The van der Waals surface area contributed by atoms with Gasteiger partial charge in [-0.2, -0.15) is 0 Å². The van der Waals surface area contributed by atoms with Crippen LogP contribution in [0.1, 0.15) is 15.3 Å². The molecule has 1 unspecified atom stereocenters. The predicted octanol–water partition coefficient (Wildman–Crippen LogP) is 4.40. The molecule has 108 valence electrons. The number of methoxy groups -OCH3 is 3. The van der Waals surface area contributed by atoms with E-state index in [-0.39, 0.29) is 10.6 Å². The highest BCUT2D eigenvalue weighted by atomic mass is 79.9. The topological polar surface area (TPSA) is 27.7 Å². The SMILES string of the molecule is COc1csc(C(Br)c2cc(OC)c(OC)cc2F)c1. The Kier molecular flexibility index (Phi) is 4.88. The van der Waals surface area contributed by atoms with Crippen molar-refractivity contribution in [1.29, 1.82) is 0 Å². The van der Waals surface area contributed by atoms with Gasteiger partial charge >= 0.3 is 0 Å². The monoisotopic (exact) mass is 360 g/mol. The molecule has 1 heterocycles. The van der Waals surface area contributed by atoms with Crippen LogP contribution in [0.15, 0.2) is 23.6 Å². The van der Waals surface area contributed by atoms with Gasteiger partial charge in [0.25, 0.3) is 0 Å². The summed E-state index contributed by atoms with van der Waals surface area (Å²) in [6, 6.07) is 4.84. The fraction of sp³-hybridized carbons (Fsp3) is 0.286. The number of halogens is 2. The first-order valence-corrected chi connectivity index (χ1v) is 7.58. The number of hydrogen-bond donors (Lipinski definition) is 0. The third-order valence-electron chi connectivity index (χ3n) is 2.86. The third-order valence-corrected chi connectivity index (χ3v) is 5.12. The summed E-state index contributed by atoms with van der Waals surface area (Å²) in [6.07, 6.45) is 0. The molecule has 0 N–H and O–H groups in total. The molecule has 0 aliphatic carbocycles. The van der Waals surface area contributed by atoms with Crippen LogP contribution in [-0.2, 0) is 0 Å². The molecular weight excluding hydrogens is 347 g/mol. The van der Waals surface area contributed by atoms with Crippen molar-refractivity contribution in [3.63, 3.8) is 0 Å². The summed E-state index contributed by atoms with van der Waals surface area (Å²) in [5, 5.41) is 1.88.